The van der Waals surface area contributed by atoms with Crippen molar-refractivity contribution in [3.63, 3.8) is 0 Å². The second-order valence-corrected chi connectivity index (χ2v) is 6.76. The molecule has 0 spiro atoms. The molecule has 1 aromatic heterocycles. The van der Waals surface area contributed by atoms with Gasteiger partial charge in [0.25, 0.3) is 10.0 Å². The minimum Gasteiger partial charge on any atom is -0.497 e. The van der Waals surface area contributed by atoms with E-state index in [2.05, 4.69) is 20.2 Å². The standard InChI is InChI=1S/C17H16N4O3S/c1-24-14-7-9-15(10-8-14)25(22,23)21-17-12-11-16(19-20-17)18-13-5-3-2-4-6-13/h2-12H,1H3,(H,18,19)(H,20,21). The fourth-order valence-electron chi connectivity index (χ4n) is 2.07. The molecular weight excluding hydrogens is 340 g/mol. The summed E-state index contributed by atoms with van der Waals surface area (Å²) < 4.78 is 32.1. The largest absolute Gasteiger partial charge is 0.497 e. The number of methoxy groups -OCH3 is 1. The van der Waals surface area contributed by atoms with Gasteiger partial charge in [-0.1, -0.05) is 18.2 Å². The summed E-state index contributed by atoms with van der Waals surface area (Å²) in [6.07, 6.45) is 0. The second kappa shape index (κ2) is 7.18. The van der Waals surface area contributed by atoms with Crippen LogP contribution in [0.25, 0.3) is 0 Å². The molecule has 0 atom stereocenters. The average molecular weight is 356 g/mol. The van der Waals surface area contributed by atoms with Gasteiger partial charge < -0.3 is 10.1 Å². The van der Waals surface area contributed by atoms with Crippen LogP contribution in [0.5, 0.6) is 5.75 Å². The fraction of sp³-hybridized carbons (Fsp3) is 0.0588. The van der Waals surface area contributed by atoms with Crippen molar-refractivity contribution in [3.8, 4) is 5.75 Å². The molecule has 128 valence electrons. The lowest BCUT2D eigenvalue weighted by atomic mass is 10.3. The fourth-order valence-corrected chi connectivity index (χ4v) is 3.07. The lowest BCUT2D eigenvalue weighted by molar-refractivity contribution is 0.414. The van der Waals surface area contributed by atoms with Gasteiger partial charge in [0.1, 0.15) is 5.75 Å². The summed E-state index contributed by atoms with van der Waals surface area (Å²) in [4.78, 5) is 0.113. The molecule has 0 amide bonds. The van der Waals surface area contributed by atoms with Crippen LogP contribution >= 0.6 is 0 Å². The topological polar surface area (TPSA) is 93.2 Å². The number of hydrogen-bond acceptors (Lipinski definition) is 6. The van der Waals surface area contributed by atoms with E-state index in [1.54, 1.807) is 24.3 Å². The second-order valence-electron chi connectivity index (χ2n) is 5.08. The SMILES string of the molecule is COc1ccc(S(=O)(=O)Nc2ccc(Nc3ccccc3)nn2)cc1. The number of nitrogens with zero attached hydrogens (tertiary/aromatic N) is 2. The highest BCUT2D eigenvalue weighted by Gasteiger charge is 2.15. The first-order valence-corrected chi connectivity index (χ1v) is 8.88. The Morgan fingerprint density at radius 3 is 2.08 bits per heavy atom. The van der Waals surface area contributed by atoms with Crippen molar-refractivity contribution < 1.29 is 13.2 Å². The summed E-state index contributed by atoms with van der Waals surface area (Å²) in [7, 11) is -2.22. The molecule has 25 heavy (non-hydrogen) atoms. The highest BCUT2D eigenvalue weighted by molar-refractivity contribution is 7.92. The number of anilines is 3. The van der Waals surface area contributed by atoms with Crippen LogP contribution in [-0.2, 0) is 10.0 Å². The molecule has 2 aromatic carbocycles. The van der Waals surface area contributed by atoms with Gasteiger partial charge in [-0.05, 0) is 48.5 Å². The molecule has 2 N–H and O–H groups in total. The van der Waals surface area contributed by atoms with Crippen LogP contribution in [0.3, 0.4) is 0 Å². The molecule has 1 heterocycles. The summed E-state index contributed by atoms with van der Waals surface area (Å²) >= 11 is 0. The van der Waals surface area contributed by atoms with E-state index < -0.39 is 10.0 Å². The molecular formula is C17H16N4O3S. The third kappa shape index (κ3) is 4.24. The minimum absolute atomic E-state index is 0.113. The Balaban J connectivity index is 1.71. The van der Waals surface area contributed by atoms with Crippen LogP contribution in [0.1, 0.15) is 0 Å². The first kappa shape index (κ1) is 16.7. The summed E-state index contributed by atoms with van der Waals surface area (Å²) in [5, 5.41) is 10.9. The molecule has 0 saturated carbocycles. The highest BCUT2D eigenvalue weighted by Crippen LogP contribution is 2.19. The van der Waals surface area contributed by atoms with Crippen LogP contribution in [-0.4, -0.2) is 25.7 Å². The van der Waals surface area contributed by atoms with E-state index >= 15 is 0 Å². The molecule has 0 bridgehead atoms. The molecule has 0 unspecified atom stereocenters. The van der Waals surface area contributed by atoms with Crippen LogP contribution in [0.15, 0.2) is 71.6 Å². The van der Waals surface area contributed by atoms with Crippen molar-refractivity contribution in [1.82, 2.24) is 10.2 Å². The van der Waals surface area contributed by atoms with E-state index in [9.17, 15) is 8.42 Å². The number of sulfonamides is 1. The molecule has 0 aliphatic carbocycles. The van der Waals surface area contributed by atoms with Crippen molar-refractivity contribution >= 4 is 27.3 Å². The molecule has 3 aromatic rings. The Bertz CT molecular complexity index is 928. The van der Waals surface area contributed by atoms with E-state index in [1.807, 2.05) is 30.3 Å². The highest BCUT2D eigenvalue weighted by atomic mass is 32.2. The van der Waals surface area contributed by atoms with Crippen LogP contribution < -0.4 is 14.8 Å². The van der Waals surface area contributed by atoms with Crippen LogP contribution in [0, 0.1) is 0 Å². The van der Waals surface area contributed by atoms with Gasteiger partial charge >= 0.3 is 0 Å². The van der Waals surface area contributed by atoms with Crippen molar-refractivity contribution in [3.05, 3.63) is 66.7 Å². The molecule has 0 saturated heterocycles. The zero-order valence-electron chi connectivity index (χ0n) is 13.4. The number of ether oxygens (including phenoxy) is 1. The number of para-hydroxylation sites is 1. The smallest absolute Gasteiger partial charge is 0.263 e. The third-order valence-corrected chi connectivity index (χ3v) is 4.69. The van der Waals surface area contributed by atoms with E-state index in [1.165, 1.54) is 19.2 Å². The van der Waals surface area contributed by atoms with Gasteiger partial charge in [0.2, 0.25) is 0 Å². The normalized spacial score (nSPS) is 10.9. The third-order valence-electron chi connectivity index (χ3n) is 3.32. The first-order chi connectivity index (χ1) is 12.1. The van der Waals surface area contributed by atoms with Gasteiger partial charge in [0, 0.05) is 5.69 Å². The summed E-state index contributed by atoms with van der Waals surface area (Å²) in [5.74, 6) is 1.23. The van der Waals surface area contributed by atoms with Crippen molar-refractivity contribution in [1.29, 1.82) is 0 Å². The van der Waals surface area contributed by atoms with Gasteiger partial charge in [-0.15, -0.1) is 10.2 Å². The molecule has 0 radical (unpaired) electrons. The lowest BCUT2D eigenvalue weighted by Gasteiger charge is -2.09. The van der Waals surface area contributed by atoms with Gasteiger partial charge in [-0.25, -0.2) is 8.42 Å². The Morgan fingerprint density at radius 1 is 0.840 bits per heavy atom. The Labute approximate surface area is 145 Å². The quantitative estimate of drug-likeness (QED) is 0.705. The number of aromatic nitrogens is 2. The summed E-state index contributed by atoms with van der Waals surface area (Å²) in [6.45, 7) is 0. The maximum Gasteiger partial charge on any atom is 0.263 e. The molecule has 7 nitrogen and oxygen atoms in total. The lowest BCUT2D eigenvalue weighted by Crippen LogP contribution is -2.14. The average Bonchev–Trinajstić information content (AvgIpc) is 2.64. The van der Waals surface area contributed by atoms with Gasteiger partial charge in [0.05, 0.1) is 12.0 Å². The summed E-state index contributed by atoms with van der Waals surface area (Å²) in [6, 6.07) is 18.7. The zero-order valence-corrected chi connectivity index (χ0v) is 14.2. The Morgan fingerprint density at radius 2 is 1.48 bits per heavy atom. The van der Waals surface area contributed by atoms with Crippen LogP contribution in [0.2, 0.25) is 0 Å². The zero-order chi connectivity index (χ0) is 17.7. The maximum absolute atomic E-state index is 12.3. The van der Waals surface area contributed by atoms with E-state index in [0.717, 1.165) is 5.69 Å². The Hall–Kier alpha value is -3.13. The molecule has 0 fully saturated rings. The first-order valence-electron chi connectivity index (χ1n) is 7.39. The van der Waals surface area contributed by atoms with Crippen LogP contribution in [0.4, 0.5) is 17.3 Å². The Kier molecular flexibility index (Phi) is 4.80. The van der Waals surface area contributed by atoms with Crippen molar-refractivity contribution in [2.45, 2.75) is 4.90 Å². The molecule has 8 heteroatoms. The maximum atomic E-state index is 12.3. The predicted molar refractivity (Wildman–Crippen MR) is 95.6 cm³/mol. The van der Waals surface area contributed by atoms with Crippen molar-refractivity contribution in [2.24, 2.45) is 0 Å². The van der Waals surface area contributed by atoms with E-state index in [-0.39, 0.29) is 10.7 Å². The minimum atomic E-state index is -3.74. The van der Waals surface area contributed by atoms with Gasteiger partial charge in [-0.3, -0.25) is 4.72 Å². The predicted octanol–water partition coefficient (Wildman–Crippen LogP) is 3.03. The van der Waals surface area contributed by atoms with E-state index in [0.29, 0.717) is 11.6 Å². The number of benzene rings is 2. The van der Waals surface area contributed by atoms with Gasteiger partial charge in [0.15, 0.2) is 11.6 Å². The van der Waals surface area contributed by atoms with E-state index in [4.69, 9.17) is 4.74 Å². The monoisotopic (exact) mass is 356 g/mol. The number of nitrogens with one attached hydrogen (secondary N) is 2. The molecule has 0 aliphatic rings. The number of hydrogen-bond donors (Lipinski definition) is 2. The molecule has 0 aliphatic heterocycles. The van der Waals surface area contributed by atoms with Gasteiger partial charge in [-0.2, -0.15) is 0 Å². The van der Waals surface area contributed by atoms with Crippen molar-refractivity contribution in [2.75, 3.05) is 17.1 Å². The summed E-state index contributed by atoms with van der Waals surface area (Å²) in [5.41, 5.74) is 0.864. The number of rotatable bonds is 6. The molecule has 3 rings (SSSR count).